The van der Waals surface area contributed by atoms with Crippen molar-refractivity contribution in [1.29, 1.82) is 0 Å². The van der Waals surface area contributed by atoms with E-state index in [4.69, 9.17) is 63.1 Å². The second-order valence-electron chi connectivity index (χ2n) is 25.7. The number of hydrogen-bond acceptors (Lipinski definition) is 24. The molecule has 0 aliphatic carbocycles. The molecule has 2 fully saturated rings. The summed E-state index contributed by atoms with van der Waals surface area (Å²) in [5.41, 5.74) is 9.61. The van der Waals surface area contributed by atoms with Gasteiger partial charge < -0.3 is 123 Å². The predicted octanol–water partition coefficient (Wildman–Crippen LogP) is 1.04. The molecule has 532 valence electrons. The van der Waals surface area contributed by atoms with Gasteiger partial charge in [0.1, 0.15) is 89.5 Å². The van der Waals surface area contributed by atoms with Gasteiger partial charge >= 0.3 is 0 Å². The van der Waals surface area contributed by atoms with E-state index in [1.165, 1.54) is 70.3 Å². The minimum Gasteiger partial charge on any atom is -0.508 e. The Bertz CT molecular complexity index is 3960. The van der Waals surface area contributed by atoms with E-state index in [9.17, 15) is 65.1 Å². The lowest BCUT2D eigenvalue weighted by molar-refractivity contribution is -0.333. The summed E-state index contributed by atoms with van der Waals surface area (Å²) in [7, 11) is 1.49. The van der Waals surface area contributed by atoms with E-state index in [0.29, 0.717) is 0 Å². The van der Waals surface area contributed by atoms with Crippen molar-refractivity contribution < 1.29 is 108 Å². The van der Waals surface area contributed by atoms with Crippen LogP contribution in [0.4, 0.5) is 0 Å². The zero-order valence-electron chi connectivity index (χ0n) is 54.0. The fourth-order valence-electron chi connectivity index (χ4n) is 12.5. The molecule has 33 heteroatoms. The molecule has 20 N–H and O–H groups in total. The third-order valence-corrected chi connectivity index (χ3v) is 18.3. The molecule has 2 saturated heterocycles. The fraction of sp³-hybridized carbons (Fsp3) is 0.439. The quantitative estimate of drug-likeness (QED) is 0.0830. The van der Waals surface area contributed by atoms with Gasteiger partial charge in [0.15, 0.2) is 23.9 Å². The molecule has 12 rings (SSSR count). The summed E-state index contributed by atoms with van der Waals surface area (Å²) < 4.78 is 38.4. The Morgan fingerprint density at radius 2 is 1.31 bits per heavy atom. The number of rotatable bonds is 12. The number of carbonyl (C=O) groups excluding carboxylic acids is 7. The van der Waals surface area contributed by atoms with Crippen LogP contribution in [-0.4, -0.2) is 180 Å². The summed E-state index contributed by atoms with van der Waals surface area (Å²) >= 11 is 14.2. The Morgan fingerprint density at radius 1 is 0.707 bits per heavy atom. The Kier molecular flexibility index (Phi) is 21.9. The Morgan fingerprint density at radius 3 is 1.91 bits per heavy atom. The van der Waals surface area contributed by atoms with Gasteiger partial charge in [-0.05, 0) is 123 Å². The lowest BCUT2D eigenvalue weighted by atomic mass is 9.86. The smallest absolute Gasteiger partial charge is 0.248 e. The minimum atomic E-state index is -2.28. The molecule has 7 aliphatic rings. The minimum absolute atomic E-state index is 0.00917. The number of ether oxygens (including phenoxy) is 6. The van der Waals surface area contributed by atoms with Crippen molar-refractivity contribution in [3.8, 4) is 57.1 Å². The van der Waals surface area contributed by atoms with E-state index in [-0.39, 0.29) is 73.7 Å². The summed E-state index contributed by atoms with van der Waals surface area (Å²) in [6.07, 6.45) is -18.0. The van der Waals surface area contributed by atoms with E-state index < -0.39 is 204 Å². The lowest BCUT2D eigenvalue weighted by Crippen LogP contribution is -2.64. The molecule has 7 heterocycles. The molecule has 0 aromatic heterocycles. The molecule has 5 aromatic rings. The number of carbonyl (C=O) groups is 7. The van der Waals surface area contributed by atoms with Crippen LogP contribution in [0.2, 0.25) is 10.0 Å². The number of phenolic OH excluding ortho intramolecular Hbond substituents is 3. The average Bonchev–Trinajstić information content (AvgIpc) is 0.785. The molecule has 18 atom stereocenters. The second kappa shape index (κ2) is 29.6. The van der Waals surface area contributed by atoms with Gasteiger partial charge in [0.05, 0.1) is 47.4 Å². The Balaban J connectivity index is 1.23. The molecular formula is C66H77Cl2N9O22. The van der Waals surface area contributed by atoms with Crippen molar-refractivity contribution in [3.05, 3.63) is 117 Å². The summed E-state index contributed by atoms with van der Waals surface area (Å²) in [6, 6.07) is 2.34. The number of halogens is 2. The molecule has 11 bridgehead atoms. The van der Waals surface area contributed by atoms with E-state index in [2.05, 4.69) is 37.2 Å². The van der Waals surface area contributed by atoms with Gasteiger partial charge in [-0.2, -0.15) is 0 Å². The first kappa shape index (κ1) is 73.1. The summed E-state index contributed by atoms with van der Waals surface area (Å²) in [5.74, 6) is -12.5. The summed E-state index contributed by atoms with van der Waals surface area (Å²) in [4.78, 5) is 103. The van der Waals surface area contributed by atoms with Crippen LogP contribution in [0.3, 0.4) is 0 Å². The van der Waals surface area contributed by atoms with E-state index in [1.54, 1.807) is 0 Å². The maximum absolute atomic E-state index is 16.0. The van der Waals surface area contributed by atoms with Gasteiger partial charge in [-0.15, -0.1) is 0 Å². The number of fused-ring (bicyclic) bond motifs is 15. The number of aromatic hydroxyl groups is 3. The number of aliphatic hydroxyl groups excluding tert-OH is 6. The molecule has 0 radical (unpaired) electrons. The number of likely N-dealkylation sites (N-methyl/N-ethyl adjacent to an activating group) is 1. The van der Waals surface area contributed by atoms with Gasteiger partial charge in [0.2, 0.25) is 53.4 Å². The van der Waals surface area contributed by atoms with Gasteiger partial charge in [-0.1, -0.05) is 55.2 Å². The van der Waals surface area contributed by atoms with Crippen molar-refractivity contribution in [1.82, 2.24) is 37.2 Å². The number of nitrogens with two attached hydrogens (primary N) is 2. The zero-order valence-corrected chi connectivity index (χ0v) is 55.5. The standard InChI is InChI=1S/C66H77Cl2N9O22/c1-24(2)13-36(71-6)59(88)76-51-53(84)29-9-12-41(35(68)16-29)96-43-18-30-17-42(56(43)99-65-57(55(86)54(85)44(23-78)97-65)98-46-22-66(5,70)58(87)26(4)94-46)95-40-11-8-28(15-34(40)67)52(83)50-63(92)72-25(3)32-19-31(79)20-39(81)47(32)33-14-27(7-10-38(33)80)48(61(90)77-50)75-62(91)49(30)74-60(89)37(21-45(69)82)73-64(51)93/h7-12,14-20,24-26,36-37,44,46,48-55,57-58,65,71,78-81,83-87H,13,21-23,70H2,1-6H3,(H2,69,82)(H,72,92)(H,73,93)(H,74,89)(H,75,91)(H,76,88)(H,77,90)/t25-,26+,36+,37?,44-,46+,48+,49+,50-,51+,52+,53+,54+,55-,57-,58+,65-,66-/m0/s1. The molecule has 99 heavy (non-hydrogen) atoms. The molecule has 7 aliphatic heterocycles. The SMILES string of the molecule is CN[C@H](CC(C)C)C(=O)N[C@H]1C(=O)NC(CC(N)=O)C(=O)N[C@H]2C(=O)N[C@H]3C(=O)N[C@H](C(=O)N[C@@H](C)c4cc(O)cc(O)c4-c4cc3ccc4O)[C@H](O)c3ccc(c(Cl)c3)Oc3cc2cc(c3O[C@@H]2O[C@@H](CO)[C@@H](O)[C@H](O)[C@@H]2O[C@@H]2C[C@](C)(N)[C@H](O)[C@@H](C)O2)Oc2ccc(cc2Cl)[C@H]1O. The van der Waals surface area contributed by atoms with Crippen LogP contribution in [-0.2, 0) is 47.8 Å². The lowest BCUT2D eigenvalue weighted by Gasteiger charge is -2.47. The van der Waals surface area contributed by atoms with Crippen LogP contribution >= 0.6 is 23.2 Å². The van der Waals surface area contributed by atoms with Crippen molar-refractivity contribution in [2.75, 3.05) is 13.7 Å². The van der Waals surface area contributed by atoms with Crippen molar-refractivity contribution in [3.63, 3.8) is 0 Å². The highest BCUT2D eigenvalue weighted by Gasteiger charge is 2.51. The molecule has 0 saturated carbocycles. The molecule has 31 nitrogen and oxygen atoms in total. The number of primary amides is 1. The zero-order chi connectivity index (χ0) is 72.0. The number of aliphatic hydroxyl groups is 6. The van der Waals surface area contributed by atoms with E-state index in [0.717, 1.165) is 36.4 Å². The number of nitrogens with one attached hydrogen (secondary N) is 7. The maximum atomic E-state index is 16.0. The predicted molar refractivity (Wildman–Crippen MR) is 347 cm³/mol. The molecule has 5 aromatic carbocycles. The van der Waals surface area contributed by atoms with Crippen molar-refractivity contribution in [2.24, 2.45) is 17.4 Å². The van der Waals surface area contributed by atoms with Gasteiger partial charge in [0, 0.05) is 29.2 Å². The molecule has 1 unspecified atom stereocenters. The van der Waals surface area contributed by atoms with Crippen molar-refractivity contribution in [2.45, 2.75) is 163 Å². The molecule has 0 spiro atoms. The van der Waals surface area contributed by atoms with Crippen molar-refractivity contribution >= 4 is 64.6 Å². The normalized spacial score (nSPS) is 29.8. The largest absolute Gasteiger partial charge is 0.508 e. The second-order valence-corrected chi connectivity index (χ2v) is 26.5. The van der Waals surface area contributed by atoms with Gasteiger partial charge in [0.25, 0.3) is 0 Å². The summed E-state index contributed by atoms with van der Waals surface area (Å²) in [5, 5.41) is 121. The number of phenols is 3. The van der Waals surface area contributed by atoms with Crippen LogP contribution in [0.15, 0.2) is 78.9 Å². The maximum Gasteiger partial charge on any atom is 0.248 e. The third-order valence-electron chi connectivity index (χ3n) is 17.8. The first-order valence-electron chi connectivity index (χ1n) is 31.5. The highest BCUT2D eigenvalue weighted by molar-refractivity contribution is 6.32. The van der Waals surface area contributed by atoms with Crippen LogP contribution < -0.4 is 62.9 Å². The monoisotopic (exact) mass is 1420 g/mol. The summed E-state index contributed by atoms with van der Waals surface area (Å²) in [6.45, 7) is 7.20. The highest BCUT2D eigenvalue weighted by atomic mass is 35.5. The Labute approximate surface area is 575 Å². The first-order valence-corrected chi connectivity index (χ1v) is 32.2. The van der Waals surface area contributed by atoms with Gasteiger partial charge in [-0.3, -0.25) is 33.6 Å². The van der Waals surface area contributed by atoms with E-state index >= 15 is 14.4 Å². The van der Waals surface area contributed by atoms with Crippen LogP contribution in [0.5, 0.6) is 46.0 Å². The average molecular weight is 1420 g/mol. The highest BCUT2D eigenvalue weighted by Crippen LogP contribution is 2.50. The van der Waals surface area contributed by atoms with E-state index in [1.807, 2.05) is 13.8 Å². The number of amides is 7. The molecule has 7 amide bonds. The fourth-order valence-corrected chi connectivity index (χ4v) is 12.9. The number of hydrogen-bond donors (Lipinski definition) is 18. The van der Waals surface area contributed by atoms with Crippen LogP contribution in [0.1, 0.15) is 112 Å². The molecular weight excluding hydrogens is 1340 g/mol. The Hall–Kier alpha value is -8.67. The van der Waals surface area contributed by atoms with Gasteiger partial charge in [-0.25, -0.2) is 0 Å². The number of benzene rings is 5. The first-order chi connectivity index (χ1) is 46.7. The topological polar surface area (TPSA) is 493 Å². The van der Waals surface area contributed by atoms with Crippen LogP contribution in [0.25, 0.3) is 11.1 Å². The third kappa shape index (κ3) is 15.5. The van der Waals surface area contributed by atoms with Crippen LogP contribution in [0, 0.1) is 5.92 Å².